The molecule has 178 valence electrons. The summed E-state index contributed by atoms with van der Waals surface area (Å²) in [5.41, 5.74) is 7.57. The molecule has 4 aromatic heterocycles. The Morgan fingerprint density at radius 1 is 0.886 bits per heavy atom. The van der Waals surface area contributed by atoms with Gasteiger partial charge in [0.15, 0.2) is 5.65 Å². The van der Waals surface area contributed by atoms with E-state index in [0.717, 1.165) is 76.6 Å². The van der Waals surface area contributed by atoms with Gasteiger partial charge in [0.1, 0.15) is 11.3 Å². The van der Waals surface area contributed by atoms with Gasteiger partial charge in [-0.3, -0.25) is 0 Å². The Balaban J connectivity index is 1.35. The van der Waals surface area contributed by atoms with Gasteiger partial charge in [-0.25, -0.2) is 19.9 Å². The number of pyridine rings is 1. The maximum atomic E-state index is 5.00. The monoisotopic (exact) mass is 466 g/mol. The van der Waals surface area contributed by atoms with E-state index < -0.39 is 0 Å². The number of hydrogen-bond acceptors (Lipinski definition) is 6. The minimum atomic E-state index is -0.0517. The molecule has 35 heavy (non-hydrogen) atoms. The molecule has 5 aromatic rings. The number of piperazine rings is 1. The topological polar surface area (TPSA) is 78.8 Å². The van der Waals surface area contributed by atoms with Crippen LogP contribution in [0.15, 0.2) is 55.2 Å². The van der Waals surface area contributed by atoms with Gasteiger partial charge in [0.25, 0.3) is 0 Å². The van der Waals surface area contributed by atoms with E-state index in [4.69, 9.17) is 9.97 Å². The van der Waals surface area contributed by atoms with Crippen LogP contribution in [0.1, 0.15) is 20.8 Å². The van der Waals surface area contributed by atoms with Crippen LogP contribution in [-0.2, 0) is 5.54 Å². The molecule has 0 unspecified atom stereocenters. The van der Waals surface area contributed by atoms with E-state index in [1.54, 1.807) is 0 Å². The number of nitrogens with one attached hydrogen (secondary N) is 1. The smallest absolute Gasteiger partial charge is 0.156 e. The predicted molar refractivity (Wildman–Crippen MR) is 141 cm³/mol. The van der Waals surface area contributed by atoms with E-state index in [2.05, 4.69) is 87.5 Å². The lowest BCUT2D eigenvalue weighted by atomic mass is 10.1. The first-order valence-corrected chi connectivity index (χ1v) is 12.1. The van der Waals surface area contributed by atoms with E-state index in [0.29, 0.717) is 0 Å². The highest BCUT2D eigenvalue weighted by Crippen LogP contribution is 2.32. The lowest BCUT2D eigenvalue weighted by molar-refractivity contribution is 0.312. The van der Waals surface area contributed by atoms with Crippen molar-refractivity contribution < 1.29 is 0 Å². The van der Waals surface area contributed by atoms with Crippen molar-refractivity contribution in [1.29, 1.82) is 0 Å². The molecule has 1 aliphatic heterocycles. The highest BCUT2D eigenvalue weighted by molar-refractivity contribution is 5.94. The molecule has 5 heterocycles. The Morgan fingerprint density at radius 2 is 1.69 bits per heavy atom. The number of H-pyrrole nitrogens is 1. The van der Waals surface area contributed by atoms with Crippen molar-refractivity contribution in [2.45, 2.75) is 26.3 Å². The zero-order valence-electron chi connectivity index (χ0n) is 20.7. The fraction of sp³-hybridized carbons (Fsp3) is 0.333. The molecule has 0 saturated carbocycles. The fourth-order valence-corrected chi connectivity index (χ4v) is 4.72. The third kappa shape index (κ3) is 3.93. The highest BCUT2D eigenvalue weighted by atomic mass is 15.3. The van der Waals surface area contributed by atoms with Gasteiger partial charge in [-0.15, -0.1) is 0 Å². The normalized spacial score (nSPS) is 15.4. The molecular weight excluding hydrogens is 436 g/mol. The molecule has 0 spiro atoms. The van der Waals surface area contributed by atoms with Crippen LogP contribution in [0.3, 0.4) is 0 Å². The number of aromatic nitrogens is 6. The number of imidazole rings is 1. The average molecular weight is 467 g/mol. The highest BCUT2D eigenvalue weighted by Gasteiger charge is 2.18. The van der Waals surface area contributed by atoms with Crippen LogP contribution in [0.4, 0.5) is 5.82 Å². The summed E-state index contributed by atoms with van der Waals surface area (Å²) in [5.74, 6) is 1.02. The molecule has 0 amide bonds. The first-order valence-electron chi connectivity index (χ1n) is 12.1. The second kappa shape index (κ2) is 8.16. The van der Waals surface area contributed by atoms with Crippen molar-refractivity contribution in [3.63, 3.8) is 0 Å². The molecule has 0 bridgehead atoms. The van der Waals surface area contributed by atoms with Gasteiger partial charge in [0, 0.05) is 55.2 Å². The second-order valence-electron chi connectivity index (χ2n) is 10.3. The number of anilines is 1. The minimum absolute atomic E-state index is 0.0517. The molecule has 1 saturated heterocycles. The zero-order chi connectivity index (χ0) is 24.2. The van der Waals surface area contributed by atoms with E-state index in [9.17, 15) is 0 Å². The van der Waals surface area contributed by atoms with Crippen molar-refractivity contribution in [1.82, 2.24) is 34.4 Å². The quantitative estimate of drug-likeness (QED) is 0.421. The standard InChI is InChI=1S/C27H30N8/c1-27(2,3)35-17-31-21-7-5-18(13-23(21)35)20-15-29-26-25(20)32-22(16-30-26)19-6-8-24(28-14-19)34-11-9-33(4)10-12-34/h5-8,13-17H,9-12H2,1-4H3,(H,29,30). The summed E-state index contributed by atoms with van der Waals surface area (Å²) in [5, 5.41) is 0. The molecule has 0 radical (unpaired) electrons. The third-order valence-electron chi connectivity index (χ3n) is 6.83. The fourth-order valence-electron chi connectivity index (χ4n) is 4.72. The van der Waals surface area contributed by atoms with Gasteiger partial charge in [0.2, 0.25) is 0 Å². The van der Waals surface area contributed by atoms with Crippen LogP contribution in [0.2, 0.25) is 0 Å². The van der Waals surface area contributed by atoms with Gasteiger partial charge < -0.3 is 19.4 Å². The molecule has 1 fully saturated rings. The van der Waals surface area contributed by atoms with E-state index in [1.165, 1.54) is 0 Å². The third-order valence-corrected chi connectivity index (χ3v) is 6.83. The predicted octanol–water partition coefficient (Wildman–Crippen LogP) is 4.54. The van der Waals surface area contributed by atoms with Crippen LogP contribution >= 0.6 is 0 Å². The molecule has 8 heteroatoms. The van der Waals surface area contributed by atoms with E-state index in [-0.39, 0.29) is 5.54 Å². The van der Waals surface area contributed by atoms with Crippen molar-refractivity contribution in [2.75, 3.05) is 38.1 Å². The van der Waals surface area contributed by atoms with Crippen LogP contribution in [0.25, 0.3) is 44.6 Å². The van der Waals surface area contributed by atoms with Crippen molar-refractivity contribution in [2.24, 2.45) is 0 Å². The number of benzene rings is 1. The summed E-state index contributed by atoms with van der Waals surface area (Å²) >= 11 is 0. The second-order valence-corrected chi connectivity index (χ2v) is 10.3. The number of hydrogen-bond donors (Lipinski definition) is 1. The lowest BCUT2D eigenvalue weighted by Gasteiger charge is -2.33. The maximum Gasteiger partial charge on any atom is 0.156 e. The van der Waals surface area contributed by atoms with E-state index >= 15 is 0 Å². The number of nitrogens with zero attached hydrogens (tertiary/aromatic N) is 7. The molecule has 8 nitrogen and oxygen atoms in total. The number of aromatic amines is 1. The average Bonchev–Trinajstić information content (AvgIpc) is 3.48. The summed E-state index contributed by atoms with van der Waals surface area (Å²) in [6.07, 6.45) is 7.62. The van der Waals surface area contributed by atoms with Crippen molar-refractivity contribution in [3.8, 4) is 22.4 Å². The van der Waals surface area contributed by atoms with E-state index in [1.807, 2.05) is 24.9 Å². The van der Waals surface area contributed by atoms with Crippen LogP contribution in [0, 0.1) is 0 Å². The van der Waals surface area contributed by atoms with Gasteiger partial charge >= 0.3 is 0 Å². The Hall–Kier alpha value is -3.78. The Kier molecular flexibility index (Phi) is 5.07. The van der Waals surface area contributed by atoms with Gasteiger partial charge in [0.05, 0.1) is 29.3 Å². The summed E-state index contributed by atoms with van der Waals surface area (Å²) in [4.78, 5) is 26.9. The molecule has 6 rings (SSSR count). The summed E-state index contributed by atoms with van der Waals surface area (Å²) < 4.78 is 2.21. The number of likely N-dealkylation sites (N-methyl/N-ethyl adjacent to an activating group) is 1. The Labute approximate surface area is 204 Å². The molecule has 1 aromatic carbocycles. The number of rotatable bonds is 3. The van der Waals surface area contributed by atoms with Crippen molar-refractivity contribution in [3.05, 3.63) is 55.2 Å². The van der Waals surface area contributed by atoms with Gasteiger partial charge in [-0.05, 0) is 57.6 Å². The Morgan fingerprint density at radius 3 is 2.43 bits per heavy atom. The van der Waals surface area contributed by atoms with Gasteiger partial charge in [-0.1, -0.05) is 6.07 Å². The first kappa shape index (κ1) is 21.7. The van der Waals surface area contributed by atoms with Crippen LogP contribution in [0.5, 0.6) is 0 Å². The molecule has 1 aliphatic rings. The molecule has 0 aliphatic carbocycles. The molecule has 0 atom stereocenters. The Bertz CT molecular complexity index is 1500. The van der Waals surface area contributed by atoms with Crippen LogP contribution < -0.4 is 4.90 Å². The first-order chi connectivity index (χ1) is 16.9. The van der Waals surface area contributed by atoms with Gasteiger partial charge in [-0.2, -0.15) is 0 Å². The number of fused-ring (bicyclic) bond motifs is 2. The molecule has 1 N–H and O–H groups in total. The van der Waals surface area contributed by atoms with Crippen LogP contribution in [-0.4, -0.2) is 67.6 Å². The SMILES string of the molecule is CN1CCN(c2ccc(-c3cnc4[nH]cc(-c5ccc6ncn(C(C)(C)C)c6c5)c4n3)cn2)CC1. The maximum absolute atomic E-state index is 5.00. The zero-order valence-corrected chi connectivity index (χ0v) is 20.7. The van der Waals surface area contributed by atoms with Crippen molar-refractivity contribution >= 4 is 28.0 Å². The summed E-state index contributed by atoms with van der Waals surface area (Å²) in [6.45, 7) is 10.7. The molecular formula is C27H30N8. The largest absolute Gasteiger partial charge is 0.354 e. The minimum Gasteiger partial charge on any atom is -0.354 e. The lowest BCUT2D eigenvalue weighted by Crippen LogP contribution is -2.44. The summed E-state index contributed by atoms with van der Waals surface area (Å²) in [6, 6.07) is 10.6. The summed E-state index contributed by atoms with van der Waals surface area (Å²) in [7, 11) is 2.16.